The van der Waals surface area contributed by atoms with Crippen LogP contribution in [0.1, 0.15) is 194 Å². The Morgan fingerprint density at radius 3 is 1.35 bits per heavy atom. The Hall–Kier alpha value is -0.500. The molecule has 0 spiro atoms. The Morgan fingerprint density at radius 2 is 0.939 bits per heavy atom. The van der Waals surface area contributed by atoms with Crippen LogP contribution >= 0.6 is 7.82 Å². The van der Waals surface area contributed by atoms with Gasteiger partial charge in [0.1, 0.15) is 19.3 Å². The molecule has 0 aliphatic heterocycles. The van der Waals surface area contributed by atoms with Crippen LogP contribution in [-0.2, 0) is 27.9 Å². The Morgan fingerprint density at radius 1 is 0.551 bits per heavy atom. The van der Waals surface area contributed by atoms with Gasteiger partial charge >= 0.3 is 13.8 Å². The first-order valence-corrected chi connectivity index (χ1v) is 22.3. The van der Waals surface area contributed by atoms with Crippen molar-refractivity contribution in [3.8, 4) is 0 Å². The third-order valence-electron chi connectivity index (χ3n) is 9.17. The summed E-state index contributed by atoms with van der Waals surface area (Å²) in [6.45, 7) is 5.65. The second-order valence-corrected chi connectivity index (χ2v) is 16.8. The average Bonchev–Trinajstić information content (AvgIpc) is 3.04. The molecule has 8 nitrogen and oxygen atoms in total. The molecule has 294 valence electrons. The van der Waals surface area contributed by atoms with Gasteiger partial charge in [-0.2, -0.15) is 0 Å². The maximum atomic E-state index is 12.6. The summed E-state index contributed by atoms with van der Waals surface area (Å²) in [5, 5.41) is 0. The molecule has 0 rings (SSSR count). The minimum absolute atomic E-state index is 0.0934. The summed E-state index contributed by atoms with van der Waals surface area (Å²) in [4.78, 5) is 22.8. The van der Waals surface area contributed by atoms with E-state index < -0.39 is 13.9 Å². The van der Waals surface area contributed by atoms with E-state index in [1.165, 1.54) is 141 Å². The van der Waals surface area contributed by atoms with Crippen LogP contribution < -0.4 is 0 Å². The van der Waals surface area contributed by atoms with Crippen molar-refractivity contribution in [1.29, 1.82) is 0 Å². The summed E-state index contributed by atoms with van der Waals surface area (Å²) >= 11 is 0. The number of carbonyl (C=O) groups excluding carboxylic acids is 1. The average molecular weight is 721 g/mol. The highest BCUT2D eigenvalue weighted by molar-refractivity contribution is 7.47. The predicted octanol–water partition coefficient (Wildman–Crippen LogP) is 11.7. The maximum absolute atomic E-state index is 12.6. The van der Waals surface area contributed by atoms with E-state index in [0.29, 0.717) is 24.1 Å². The number of likely N-dealkylation sites (N-methyl/N-ethyl adjacent to an activating group) is 1. The van der Waals surface area contributed by atoms with Crippen LogP contribution in [0.3, 0.4) is 0 Å². The molecule has 1 N–H and O–H groups in total. The largest absolute Gasteiger partial charge is 0.472 e. The van der Waals surface area contributed by atoms with Gasteiger partial charge in [0.25, 0.3) is 0 Å². The molecule has 0 aliphatic carbocycles. The Balaban J connectivity index is 4.14. The molecule has 2 atom stereocenters. The molecule has 0 aromatic carbocycles. The lowest BCUT2D eigenvalue weighted by atomic mass is 10.0. The minimum atomic E-state index is -4.26. The van der Waals surface area contributed by atoms with Crippen molar-refractivity contribution in [3.05, 3.63) is 0 Å². The topological polar surface area (TPSA) is 91.3 Å². The van der Waals surface area contributed by atoms with E-state index >= 15 is 0 Å². The van der Waals surface area contributed by atoms with Crippen LogP contribution in [-0.4, -0.2) is 75.6 Å². The Kier molecular flexibility index (Phi) is 34.2. The van der Waals surface area contributed by atoms with Crippen molar-refractivity contribution in [3.63, 3.8) is 0 Å². The molecule has 0 saturated carbocycles. The number of phosphoric acid groups is 1. The van der Waals surface area contributed by atoms with Gasteiger partial charge < -0.3 is 18.9 Å². The molecule has 0 amide bonds. The lowest BCUT2D eigenvalue weighted by Gasteiger charge is -2.24. The Bertz CT molecular complexity index is 761. The second-order valence-electron chi connectivity index (χ2n) is 15.4. The molecule has 0 bridgehead atoms. The van der Waals surface area contributed by atoms with Gasteiger partial charge in [0.15, 0.2) is 0 Å². The normalized spacial score (nSPS) is 13.8. The monoisotopic (exact) mass is 721 g/mol. The minimum Gasteiger partial charge on any atom is -0.457 e. The lowest BCUT2D eigenvalue weighted by molar-refractivity contribution is -0.870. The van der Waals surface area contributed by atoms with E-state index in [9.17, 15) is 14.3 Å². The van der Waals surface area contributed by atoms with Crippen molar-refractivity contribution in [2.45, 2.75) is 200 Å². The molecule has 0 fully saturated rings. The van der Waals surface area contributed by atoms with Gasteiger partial charge in [-0.3, -0.25) is 13.8 Å². The number of hydrogen-bond acceptors (Lipinski definition) is 6. The highest BCUT2D eigenvalue weighted by Gasteiger charge is 2.26. The Labute approximate surface area is 304 Å². The second kappa shape index (κ2) is 34.6. The fraction of sp³-hybridized carbons (Fsp3) is 0.975. The molecule has 0 aromatic heterocycles. The van der Waals surface area contributed by atoms with Crippen LogP contribution in [0, 0.1) is 0 Å². The highest BCUT2D eigenvalue weighted by atomic mass is 31.2. The van der Waals surface area contributed by atoms with E-state index in [2.05, 4.69) is 13.8 Å². The van der Waals surface area contributed by atoms with E-state index in [1.807, 2.05) is 21.1 Å². The van der Waals surface area contributed by atoms with Gasteiger partial charge in [-0.25, -0.2) is 4.57 Å². The number of phosphoric ester groups is 1. The standard InChI is InChI=1S/C40H82NO7P/c1-6-8-10-12-14-16-17-18-19-20-21-22-23-24-25-27-29-31-33-40(42)48-39(38-47-49(43,44)46-36-34-41(3,4)5)37-45-35-32-30-28-26-15-13-11-9-7-2/h39H,6-38H2,1-5H3/p+1. The molecular weight excluding hydrogens is 637 g/mol. The van der Waals surface area contributed by atoms with Crippen LogP contribution in [0.15, 0.2) is 0 Å². The molecule has 0 heterocycles. The maximum Gasteiger partial charge on any atom is 0.472 e. The van der Waals surface area contributed by atoms with Gasteiger partial charge in [0, 0.05) is 13.0 Å². The highest BCUT2D eigenvalue weighted by Crippen LogP contribution is 2.43. The molecular formula is C40H83NO7P+. The predicted molar refractivity (Wildman–Crippen MR) is 206 cm³/mol. The number of quaternary nitrogens is 1. The zero-order valence-electron chi connectivity index (χ0n) is 33.2. The van der Waals surface area contributed by atoms with Crippen molar-refractivity contribution < 1.29 is 37.3 Å². The van der Waals surface area contributed by atoms with E-state index in [4.69, 9.17) is 18.5 Å². The van der Waals surface area contributed by atoms with Gasteiger partial charge in [0.05, 0.1) is 34.4 Å². The van der Waals surface area contributed by atoms with Crippen molar-refractivity contribution in [1.82, 2.24) is 0 Å². The molecule has 9 heteroatoms. The van der Waals surface area contributed by atoms with Gasteiger partial charge in [-0.15, -0.1) is 0 Å². The molecule has 0 aromatic rings. The number of nitrogens with zero attached hydrogens (tertiary/aromatic N) is 1. The van der Waals surface area contributed by atoms with Crippen LogP contribution in [0.5, 0.6) is 0 Å². The van der Waals surface area contributed by atoms with E-state index in [0.717, 1.165) is 32.1 Å². The molecule has 0 aliphatic rings. The number of hydrogen-bond donors (Lipinski definition) is 1. The zero-order valence-corrected chi connectivity index (χ0v) is 34.1. The smallest absolute Gasteiger partial charge is 0.457 e. The van der Waals surface area contributed by atoms with E-state index in [1.54, 1.807) is 0 Å². The molecule has 49 heavy (non-hydrogen) atoms. The van der Waals surface area contributed by atoms with Crippen molar-refractivity contribution in [2.75, 3.05) is 54.1 Å². The first kappa shape index (κ1) is 48.5. The van der Waals surface area contributed by atoms with Crippen LogP contribution in [0.2, 0.25) is 0 Å². The van der Waals surface area contributed by atoms with Gasteiger partial charge in [-0.05, 0) is 12.8 Å². The van der Waals surface area contributed by atoms with Crippen molar-refractivity contribution >= 4 is 13.8 Å². The third kappa shape index (κ3) is 38.6. The fourth-order valence-electron chi connectivity index (χ4n) is 5.91. The molecule has 0 saturated heterocycles. The van der Waals surface area contributed by atoms with Crippen molar-refractivity contribution in [2.24, 2.45) is 0 Å². The third-order valence-corrected chi connectivity index (χ3v) is 10.2. The number of unbranched alkanes of at least 4 members (excludes halogenated alkanes) is 25. The number of rotatable bonds is 39. The quantitative estimate of drug-likeness (QED) is 0.0292. The van der Waals surface area contributed by atoms with Gasteiger partial charge in [0.2, 0.25) is 0 Å². The van der Waals surface area contributed by atoms with Crippen LogP contribution in [0.4, 0.5) is 0 Å². The summed E-state index contributed by atoms with van der Waals surface area (Å²) in [5.41, 5.74) is 0. The van der Waals surface area contributed by atoms with Gasteiger partial charge in [-0.1, -0.05) is 174 Å². The van der Waals surface area contributed by atoms with Crippen LogP contribution in [0.25, 0.3) is 0 Å². The van der Waals surface area contributed by atoms with E-state index in [-0.39, 0.29) is 25.8 Å². The summed E-state index contributed by atoms with van der Waals surface area (Å²) < 4.78 is 34.9. The number of esters is 1. The lowest BCUT2D eigenvalue weighted by Crippen LogP contribution is -2.37. The summed E-state index contributed by atoms with van der Waals surface area (Å²) in [6.07, 6.45) is 34.1. The SMILES string of the molecule is CCCCCCCCCCCCCCCCCCCCC(=O)OC(COCCCCCCCCCCC)COP(=O)(O)OCC[N+](C)(C)C. The fourth-order valence-corrected chi connectivity index (χ4v) is 6.65. The number of ether oxygens (including phenoxy) is 2. The first-order chi connectivity index (χ1) is 23.6. The first-order valence-electron chi connectivity index (χ1n) is 20.8. The zero-order chi connectivity index (χ0) is 36.3. The molecule has 0 radical (unpaired) electrons. The molecule has 2 unspecified atom stereocenters. The summed E-state index contributed by atoms with van der Waals surface area (Å²) in [5.74, 6) is -0.310. The summed E-state index contributed by atoms with van der Waals surface area (Å²) in [7, 11) is 1.68. The summed E-state index contributed by atoms with van der Waals surface area (Å²) in [6, 6.07) is 0. The number of carbonyl (C=O) groups is 1.